The molecule has 0 spiro atoms. The van der Waals surface area contributed by atoms with Gasteiger partial charge in [-0.05, 0) is 31.4 Å². The van der Waals surface area contributed by atoms with Gasteiger partial charge in [0.15, 0.2) is 0 Å². The van der Waals surface area contributed by atoms with E-state index in [1.54, 1.807) is 6.07 Å². The van der Waals surface area contributed by atoms with Crippen LogP contribution in [0.3, 0.4) is 0 Å². The van der Waals surface area contributed by atoms with Crippen LogP contribution in [0.25, 0.3) is 0 Å². The lowest BCUT2D eigenvalue weighted by molar-refractivity contribution is -0.125. The SMILES string of the molecule is CCC(CC)C(=O)NCCN(c1ccccc1C)S(C)(=O)=O. The number of amides is 1. The zero-order chi connectivity index (χ0) is 16.8. The van der Waals surface area contributed by atoms with Crippen molar-refractivity contribution < 1.29 is 13.2 Å². The van der Waals surface area contributed by atoms with E-state index in [1.165, 1.54) is 10.6 Å². The molecule has 1 amide bonds. The summed E-state index contributed by atoms with van der Waals surface area (Å²) in [5.74, 6) is -0.0200. The van der Waals surface area contributed by atoms with Crippen LogP contribution in [0, 0.1) is 12.8 Å². The number of sulfonamides is 1. The summed E-state index contributed by atoms with van der Waals surface area (Å²) in [5, 5.41) is 2.83. The maximum absolute atomic E-state index is 12.0. The minimum atomic E-state index is -3.39. The molecule has 0 heterocycles. The standard InChI is InChI=1S/C16H26N2O3S/c1-5-14(6-2)16(19)17-11-12-18(22(4,20)21)15-10-8-7-9-13(15)3/h7-10,14H,5-6,11-12H2,1-4H3,(H,17,19). The second kappa shape index (κ2) is 8.17. The highest BCUT2D eigenvalue weighted by Crippen LogP contribution is 2.21. The van der Waals surface area contributed by atoms with Crippen molar-refractivity contribution in [3.63, 3.8) is 0 Å². The molecule has 0 atom stereocenters. The van der Waals surface area contributed by atoms with Gasteiger partial charge in [0.1, 0.15) is 0 Å². The minimum Gasteiger partial charge on any atom is -0.354 e. The van der Waals surface area contributed by atoms with Crippen molar-refractivity contribution in [2.24, 2.45) is 5.92 Å². The molecule has 0 saturated heterocycles. The molecule has 1 rings (SSSR count). The van der Waals surface area contributed by atoms with Crippen molar-refractivity contribution in [3.8, 4) is 0 Å². The number of nitrogens with one attached hydrogen (secondary N) is 1. The maximum atomic E-state index is 12.0. The van der Waals surface area contributed by atoms with E-state index in [9.17, 15) is 13.2 Å². The Hall–Kier alpha value is -1.56. The van der Waals surface area contributed by atoms with Gasteiger partial charge in [0.05, 0.1) is 18.5 Å². The summed E-state index contributed by atoms with van der Waals surface area (Å²) in [5.41, 5.74) is 1.54. The van der Waals surface area contributed by atoms with E-state index in [2.05, 4.69) is 5.32 Å². The van der Waals surface area contributed by atoms with Gasteiger partial charge in [0.25, 0.3) is 0 Å². The Bertz CT molecular complexity index is 595. The van der Waals surface area contributed by atoms with Gasteiger partial charge in [-0.3, -0.25) is 9.10 Å². The van der Waals surface area contributed by atoms with Gasteiger partial charge in [0, 0.05) is 12.5 Å². The van der Waals surface area contributed by atoms with Crippen LogP contribution in [0.2, 0.25) is 0 Å². The Morgan fingerprint density at radius 3 is 2.32 bits per heavy atom. The van der Waals surface area contributed by atoms with Crippen molar-refractivity contribution in [1.82, 2.24) is 5.32 Å². The van der Waals surface area contributed by atoms with E-state index in [0.717, 1.165) is 18.4 Å². The molecular weight excluding hydrogens is 300 g/mol. The molecule has 124 valence electrons. The fraction of sp³-hybridized carbons (Fsp3) is 0.562. The third-order valence-electron chi connectivity index (χ3n) is 3.75. The second-order valence-corrected chi connectivity index (χ2v) is 7.33. The number of carbonyl (C=O) groups excluding carboxylic acids is 1. The van der Waals surface area contributed by atoms with Crippen molar-refractivity contribution >= 4 is 21.6 Å². The predicted octanol–water partition coefficient (Wildman–Crippen LogP) is 2.31. The molecular formula is C16H26N2O3S. The Balaban J connectivity index is 2.78. The van der Waals surface area contributed by atoms with E-state index in [1.807, 2.05) is 39.0 Å². The van der Waals surface area contributed by atoms with E-state index < -0.39 is 10.0 Å². The van der Waals surface area contributed by atoms with Crippen molar-refractivity contribution in [3.05, 3.63) is 29.8 Å². The highest BCUT2D eigenvalue weighted by Gasteiger charge is 2.20. The summed E-state index contributed by atoms with van der Waals surface area (Å²) in [4.78, 5) is 12.0. The molecule has 0 aliphatic heterocycles. The number of para-hydroxylation sites is 1. The Kier molecular flexibility index (Phi) is 6.87. The summed E-state index contributed by atoms with van der Waals surface area (Å²) in [6, 6.07) is 7.33. The molecule has 1 N–H and O–H groups in total. The first-order valence-electron chi connectivity index (χ1n) is 7.62. The van der Waals surface area contributed by atoms with E-state index in [-0.39, 0.29) is 18.4 Å². The number of rotatable bonds is 8. The van der Waals surface area contributed by atoms with Gasteiger partial charge in [0.2, 0.25) is 15.9 Å². The summed E-state index contributed by atoms with van der Waals surface area (Å²) in [7, 11) is -3.39. The second-order valence-electron chi connectivity index (χ2n) is 5.43. The molecule has 0 aromatic heterocycles. The van der Waals surface area contributed by atoms with Crippen LogP contribution in [0.15, 0.2) is 24.3 Å². The van der Waals surface area contributed by atoms with Gasteiger partial charge < -0.3 is 5.32 Å². The summed E-state index contributed by atoms with van der Waals surface area (Å²) < 4.78 is 25.4. The Morgan fingerprint density at radius 1 is 1.23 bits per heavy atom. The van der Waals surface area contributed by atoms with Crippen LogP contribution in [0.5, 0.6) is 0 Å². The van der Waals surface area contributed by atoms with Crippen molar-refractivity contribution in [2.45, 2.75) is 33.6 Å². The van der Waals surface area contributed by atoms with Crippen molar-refractivity contribution in [1.29, 1.82) is 0 Å². The Labute approximate surface area is 133 Å². The van der Waals surface area contributed by atoms with Gasteiger partial charge >= 0.3 is 0 Å². The molecule has 0 aliphatic rings. The molecule has 1 aromatic rings. The molecule has 0 bridgehead atoms. The molecule has 0 saturated carbocycles. The molecule has 22 heavy (non-hydrogen) atoms. The molecule has 0 fully saturated rings. The molecule has 6 heteroatoms. The normalized spacial score (nSPS) is 11.5. The lowest BCUT2D eigenvalue weighted by Crippen LogP contribution is -2.40. The first-order chi connectivity index (χ1) is 10.3. The molecule has 5 nitrogen and oxygen atoms in total. The maximum Gasteiger partial charge on any atom is 0.232 e. The number of aryl methyl sites for hydroxylation is 1. The Morgan fingerprint density at radius 2 is 1.82 bits per heavy atom. The number of anilines is 1. The fourth-order valence-electron chi connectivity index (χ4n) is 2.39. The zero-order valence-electron chi connectivity index (χ0n) is 13.8. The first kappa shape index (κ1) is 18.5. The fourth-order valence-corrected chi connectivity index (χ4v) is 3.38. The van der Waals surface area contributed by atoms with Crippen LogP contribution in [-0.2, 0) is 14.8 Å². The number of nitrogens with zero attached hydrogens (tertiary/aromatic N) is 1. The van der Waals surface area contributed by atoms with Crippen LogP contribution in [-0.4, -0.2) is 33.7 Å². The largest absolute Gasteiger partial charge is 0.354 e. The predicted molar refractivity (Wildman–Crippen MR) is 90.5 cm³/mol. The van der Waals surface area contributed by atoms with E-state index in [0.29, 0.717) is 12.2 Å². The third kappa shape index (κ3) is 5.02. The highest BCUT2D eigenvalue weighted by molar-refractivity contribution is 7.92. The molecule has 0 unspecified atom stereocenters. The van der Waals surface area contributed by atoms with Crippen LogP contribution in [0.4, 0.5) is 5.69 Å². The smallest absolute Gasteiger partial charge is 0.232 e. The van der Waals surface area contributed by atoms with E-state index in [4.69, 9.17) is 0 Å². The third-order valence-corrected chi connectivity index (χ3v) is 4.93. The van der Waals surface area contributed by atoms with Crippen LogP contribution < -0.4 is 9.62 Å². The lowest BCUT2D eigenvalue weighted by Gasteiger charge is -2.24. The number of benzene rings is 1. The lowest BCUT2D eigenvalue weighted by atomic mass is 10.0. The van der Waals surface area contributed by atoms with Gasteiger partial charge in [-0.1, -0.05) is 32.0 Å². The van der Waals surface area contributed by atoms with E-state index >= 15 is 0 Å². The monoisotopic (exact) mass is 326 g/mol. The number of carbonyl (C=O) groups is 1. The molecule has 0 aliphatic carbocycles. The van der Waals surface area contributed by atoms with Crippen molar-refractivity contribution in [2.75, 3.05) is 23.7 Å². The first-order valence-corrected chi connectivity index (χ1v) is 9.47. The summed E-state index contributed by atoms with van der Waals surface area (Å²) >= 11 is 0. The quantitative estimate of drug-likeness (QED) is 0.797. The minimum absolute atomic E-state index is 0.00912. The topological polar surface area (TPSA) is 66.5 Å². The highest BCUT2D eigenvalue weighted by atomic mass is 32.2. The van der Waals surface area contributed by atoms with Gasteiger partial charge in [-0.25, -0.2) is 8.42 Å². The average molecular weight is 326 g/mol. The molecule has 0 radical (unpaired) electrons. The summed E-state index contributed by atoms with van der Waals surface area (Å²) in [6.45, 7) is 6.36. The van der Waals surface area contributed by atoms with Gasteiger partial charge in [-0.2, -0.15) is 0 Å². The number of hydrogen-bond donors (Lipinski definition) is 1. The van der Waals surface area contributed by atoms with Gasteiger partial charge in [-0.15, -0.1) is 0 Å². The van der Waals surface area contributed by atoms with Crippen LogP contribution >= 0.6 is 0 Å². The summed E-state index contributed by atoms with van der Waals surface area (Å²) in [6.07, 6.45) is 2.76. The average Bonchev–Trinajstić information content (AvgIpc) is 2.45. The zero-order valence-corrected chi connectivity index (χ0v) is 14.6. The molecule has 1 aromatic carbocycles. The van der Waals surface area contributed by atoms with Crippen LogP contribution in [0.1, 0.15) is 32.3 Å². The number of hydrogen-bond acceptors (Lipinski definition) is 3.